The zero-order valence-corrected chi connectivity index (χ0v) is 19.6. The highest BCUT2D eigenvalue weighted by Gasteiger charge is 2.54. The Hall–Kier alpha value is -1.22. The Morgan fingerprint density at radius 3 is 2.52 bits per heavy atom. The third kappa shape index (κ3) is 3.59. The molecule has 0 amide bonds. The van der Waals surface area contributed by atoms with Crippen LogP contribution in [0.15, 0.2) is 36.4 Å². The molecule has 5 atom stereocenters. The van der Waals surface area contributed by atoms with Crippen molar-refractivity contribution < 1.29 is 0 Å². The summed E-state index contributed by atoms with van der Waals surface area (Å²) < 4.78 is 0. The van der Waals surface area contributed by atoms with Gasteiger partial charge >= 0.3 is 0 Å². The van der Waals surface area contributed by atoms with Gasteiger partial charge in [-0.15, -0.1) is 0 Å². The van der Waals surface area contributed by atoms with E-state index in [1.165, 1.54) is 75.8 Å². The van der Waals surface area contributed by atoms with Gasteiger partial charge < -0.3 is 10.2 Å². The van der Waals surface area contributed by atoms with Crippen LogP contribution in [0.2, 0.25) is 10.0 Å². The molecular formula is C27H32Cl2N2. The van der Waals surface area contributed by atoms with E-state index in [0.717, 1.165) is 27.4 Å². The molecule has 1 saturated heterocycles. The molecule has 2 heterocycles. The molecule has 2 bridgehead atoms. The Morgan fingerprint density at radius 1 is 0.935 bits per heavy atom. The van der Waals surface area contributed by atoms with E-state index in [-0.39, 0.29) is 6.04 Å². The van der Waals surface area contributed by atoms with Crippen LogP contribution in [0.4, 0.5) is 5.69 Å². The van der Waals surface area contributed by atoms with Crippen molar-refractivity contribution in [3.63, 3.8) is 0 Å². The summed E-state index contributed by atoms with van der Waals surface area (Å²) in [5.41, 5.74) is 5.47. The molecule has 0 radical (unpaired) electrons. The normalized spacial score (nSPS) is 31.9. The largest absolute Gasteiger partial charge is 0.378 e. The Labute approximate surface area is 196 Å². The van der Waals surface area contributed by atoms with Gasteiger partial charge in [0.25, 0.3) is 0 Å². The van der Waals surface area contributed by atoms with E-state index in [0.29, 0.717) is 11.8 Å². The van der Waals surface area contributed by atoms with Gasteiger partial charge in [-0.1, -0.05) is 47.8 Å². The Morgan fingerprint density at radius 2 is 1.71 bits per heavy atom. The highest BCUT2D eigenvalue weighted by Crippen LogP contribution is 2.64. The molecule has 6 rings (SSSR count). The van der Waals surface area contributed by atoms with Crippen LogP contribution in [0.5, 0.6) is 0 Å². The van der Waals surface area contributed by atoms with Gasteiger partial charge in [0.1, 0.15) is 0 Å². The van der Waals surface area contributed by atoms with Crippen LogP contribution in [0.25, 0.3) is 0 Å². The van der Waals surface area contributed by atoms with Gasteiger partial charge in [0.15, 0.2) is 0 Å². The second-order valence-corrected chi connectivity index (χ2v) is 11.1. The fourth-order valence-electron chi connectivity index (χ4n) is 7.26. The average Bonchev–Trinajstić information content (AvgIpc) is 3.41. The molecule has 2 saturated carbocycles. The number of likely N-dealkylation sites (tertiary alicyclic amines) is 1. The molecule has 3 fully saturated rings. The highest BCUT2D eigenvalue weighted by molar-refractivity contribution is 6.36. The molecule has 2 nitrogen and oxygen atoms in total. The maximum Gasteiger partial charge on any atom is 0.0580 e. The van der Waals surface area contributed by atoms with Crippen molar-refractivity contribution in [2.24, 2.45) is 17.8 Å². The van der Waals surface area contributed by atoms with Gasteiger partial charge in [-0.25, -0.2) is 0 Å². The predicted octanol–water partition coefficient (Wildman–Crippen LogP) is 7.32. The summed E-state index contributed by atoms with van der Waals surface area (Å²) >= 11 is 13.4. The van der Waals surface area contributed by atoms with Crippen molar-refractivity contribution in [3.8, 4) is 0 Å². The molecule has 2 aliphatic carbocycles. The number of rotatable bonds is 4. The molecular weight excluding hydrogens is 423 g/mol. The Bertz CT molecular complexity index is 947. The first kappa shape index (κ1) is 20.4. The Balaban J connectivity index is 1.32. The lowest BCUT2D eigenvalue weighted by atomic mass is 9.68. The fourth-order valence-corrected chi connectivity index (χ4v) is 7.89. The third-order valence-electron chi connectivity index (χ3n) is 8.63. The minimum Gasteiger partial charge on any atom is -0.378 e. The number of fused-ring (bicyclic) bond motifs is 7. The van der Waals surface area contributed by atoms with Crippen molar-refractivity contribution in [1.29, 1.82) is 0 Å². The van der Waals surface area contributed by atoms with Crippen molar-refractivity contribution in [2.45, 2.75) is 56.9 Å². The first-order valence-corrected chi connectivity index (χ1v) is 13.0. The number of halogens is 2. The van der Waals surface area contributed by atoms with E-state index in [4.69, 9.17) is 23.2 Å². The van der Waals surface area contributed by atoms with E-state index in [9.17, 15) is 0 Å². The first-order chi connectivity index (χ1) is 15.2. The lowest BCUT2D eigenvalue weighted by Gasteiger charge is -2.44. The maximum atomic E-state index is 6.69. The number of nitrogens with one attached hydrogen (secondary N) is 1. The van der Waals surface area contributed by atoms with Crippen molar-refractivity contribution in [1.82, 2.24) is 4.90 Å². The summed E-state index contributed by atoms with van der Waals surface area (Å²) in [6, 6.07) is 13.4. The number of hydrogen-bond donors (Lipinski definition) is 1. The van der Waals surface area contributed by atoms with Gasteiger partial charge in [0.05, 0.1) is 6.04 Å². The number of nitrogens with zero attached hydrogens (tertiary/aromatic N) is 1. The van der Waals surface area contributed by atoms with Crippen LogP contribution in [0.1, 0.15) is 67.2 Å². The molecule has 2 aliphatic heterocycles. The molecule has 2 aromatic rings. The number of anilines is 1. The molecule has 2 aromatic carbocycles. The van der Waals surface area contributed by atoms with Crippen molar-refractivity contribution in [2.75, 3.05) is 25.0 Å². The Kier molecular flexibility index (Phi) is 5.45. The standard InChI is InChI=1S/C27H32Cl2N2/c28-21-5-4-6-22(29)26(21)27-25-19-9-8-18(16-19)24(25)20-15-17(7-10-23(20)30-27)11-14-31-12-2-1-3-13-31/h4-7,10,15,18-19,24-25,27,30H,1-3,8-9,11-14,16H2. The summed E-state index contributed by atoms with van der Waals surface area (Å²) in [5.74, 6) is 2.84. The second kappa shape index (κ2) is 8.28. The van der Waals surface area contributed by atoms with Crippen LogP contribution in [0, 0.1) is 17.8 Å². The SMILES string of the molecule is Clc1cccc(Cl)c1C1Nc2ccc(CCN3CCCCC3)cc2C2C3CCC(C3)C12. The van der Waals surface area contributed by atoms with Gasteiger partial charge in [-0.3, -0.25) is 0 Å². The average molecular weight is 455 g/mol. The van der Waals surface area contributed by atoms with Crippen molar-refractivity contribution >= 4 is 28.9 Å². The first-order valence-electron chi connectivity index (χ1n) is 12.2. The summed E-state index contributed by atoms with van der Waals surface area (Å²) in [6.07, 6.45) is 9.41. The number of piperidine rings is 1. The zero-order chi connectivity index (χ0) is 20.9. The predicted molar refractivity (Wildman–Crippen MR) is 130 cm³/mol. The van der Waals surface area contributed by atoms with Crippen LogP contribution in [-0.4, -0.2) is 24.5 Å². The minimum atomic E-state index is 0.216. The molecule has 4 heteroatoms. The summed E-state index contributed by atoms with van der Waals surface area (Å²) in [7, 11) is 0. The lowest BCUT2D eigenvalue weighted by Crippen LogP contribution is -2.36. The van der Waals surface area contributed by atoms with Gasteiger partial charge in [-0.2, -0.15) is 0 Å². The minimum absolute atomic E-state index is 0.216. The third-order valence-corrected chi connectivity index (χ3v) is 9.29. The summed E-state index contributed by atoms with van der Waals surface area (Å²) in [4.78, 5) is 2.65. The van der Waals surface area contributed by atoms with E-state index >= 15 is 0 Å². The van der Waals surface area contributed by atoms with Crippen molar-refractivity contribution in [3.05, 3.63) is 63.1 Å². The van der Waals surface area contributed by atoms with E-state index in [1.807, 2.05) is 18.2 Å². The van der Waals surface area contributed by atoms with Gasteiger partial charge in [0.2, 0.25) is 0 Å². The van der Waals surface area contributed by atoms with Crippen LogP contribution < -0.4 is 5.32 Å². The summed E-state index contributed by atoms with van der Waals surface area (Å²) in [6.45, 7) is 3.76. The van der Waals surface area contributed by atoms with Gasteiger partial charge in [0, 0.05) is 27.8 Å². The maximum absolute atomic E-state index is 6.69. The molecule has 4 aliphatic rings. The zero-order valence-electron chi connectivity index (χ0n) is 18.1. The van der Waals surface area contributed by atoms with Crippen LogP contribution >= 0.6 is 23.2 Å². The lowest BCUT2D eigenvalue weighted by molar-refractivity contribution is 0.231. The molecule has 5 unspecified atom stereocenters. The van der Waals surface area contributed by atoms with E-state index < -0.39 is 0 Å². The molecule has 0 aromatic heterocycles. The quantitative estimate of drug-likeness (QED) is 0.520. The number of benzene rings is 2. The highest BCUT2D eigenvalue weighted by atomic mass is 35.5. The molecule has 31 heavy (non-hydrogen) atoms. The van der Waals surface area contributed by atoms with Gasteiger partial charge in [-0.05, 0) is 105 Å². The van der Waals surface area contributed by atoms with E-state index in [1.54, 1.807) is 5.56 Å². The number of hydrogen-bond acceptors (Lipinski definition) is 2. The van der Waals surface area contributed by atoms with Crippen LogP contribution in [0.3, 0.4) is 0 Å². The molecule has 1 N–H and O–H groups in total. The fraction of sp³-hybridized carbons (Fsp3) is 0.556. The smallest absolute Gasteiger partial charge is 0.0580 e. The molecule has 0 spiro atoms. The van der Waals surface area contributed by atoms with Crippen LogP contribution in [-0.2, 0) is 6.42 Å². The molecule has 164 valence electrons. The summed E-state index contributed by atoms with van der Waals surface area (Å²) in [5, 5.41) is 5.50. The topological polar surface area (TPSA) is 15.3 Å². The van der Waals surface area contributed by atoms with E-state index in [2.05, 4.69) is 28.4 Å². The second-order valence-electron chi connectivity index (χ2n) is 10.3. The monoisotopic (exact) mass is 454 g/mol.